The molecule has 1 saturated carbocycles. The number of hydrogen-bond acceptors (Lipinski definition) is 5. The molecule has 0 aromatic carbocycles. The Morgan fingerprint density at radius 1 is 1.35 bits per heavy atom. The highest BCUT2D eigenvalue weighted by molar-refractivity contribution is 9.11. The monoisotopic (exact) mass is 313 g/mol. The number of thiophene rings is 1. The van der Waals surface area contributed by atoms with Crippen molar-refractivity contribution < 1.29 is 4.52 Å². The van der Waals surface area contributed by atoms with Crippen molar-refractivity contribution in [3.63, 3.8) is 0 Å². The van der Waals surface area contributed by atoms with E-state index in [9.17, 15) is 0 Å². The predicted molar refractivity (Wildman–Crippen MR) is 69.6 cm³/mol. The van der Waals surface area contributed by atoms with E-state index in [1.54, 1.807) is 11.3 Å². The summed E-state index contributed by atoms with van der Waals surface area (Å²) in [5, 5.41) is 4.04. The third-order valence-corrected chi connectivity index (χ3v) is 4.76. The Balaban J connectivity index is 1.92. The molecule has 0 amide bonds. The van der Waals surface area contributed by atoms with Gasteiger partial charge in [0.2, 0.25) is 0 Å². The van der Waals surface area contributed by atoms with Crippen LogP contribution in [0.3, 0.4) is 0 Å². The van der Waals surface area contributed by atoms with Gasteiger partial charge >= 0.3 is 0 Å². The van der Waals surface area contributed by atoms with E-state index < -0.39 is 0 Å². The first-order valence-corrected chi connectivity index (χ1v) is 7.17. The van der Waals surface area contributed by atoms with Gasteiger partial charge in [-0.05, 0) is 40.9 Å². The van der Waals surface area contributed by atoms with Gasteiger partial charge in [-0.25, -0.2) is 0 Å². The molecular formula is C11H12BrN3OS. The predicted octanol–water partition coefficient (Wildman–Crippen LogP) is 3.29. The summed E-state index contributed by atoms with van der Waals surface area (Å²) in [7, 11) is 0. The van der Waals surface area contributed by atoms with Gasteiger partial charge < -0.3 is 10.3 Å². The van der Waals surface area contributed by atoms with Crippen molar-refractivity contribution in [2.75, 3.05) is 0 Å². The van der Waals surface area contributed by atoms with Crippen LogP contribution in [0, 0.1) is 0 Å². The fourth-order valence-electron chi connectivity index (χ4n) is 2.18. The molecule has 1 aliphatic carbocycles. The Labute approximate surface area is 111 Å². The molecule has 4 nitrogen and oxygen atoms in total. The number of rotatable bonds is 2. The SMILES string of the molecule is NC1(c2noc(-c3ccc(Br)s3)n2)CCCC1. The zero-order valence-corrected chi connectivity index (χ0v) is 11.6. The quantitative estimate of drug-likeness (QED) is 0.924. The average molecular weight is 314 g/mol. The lowest BCUT2D eigenvalue weighted by Gasteiger charge is -2.17. The molecular weight excluding hydrogens is 302 g/mol. The minimum absolute atomic E-state index is 0.379. The van der Waals surface area contributed by atoms with Crippen LogP contribution in [0.4, 0.5) is 0 Å². The van der Waals surface area contributed by atoms with Crippen LogP contribution in [-0.4, -0.2) is 10.1 Å². The van der Waals surface area contributed by atoms with Gasteiger partial charge in [0.1, 0.15) is 0 Å². The van der Waals surface area contributed by atoms with Crippen LogP contribution in [0.15, 0.2) is 20.4 Å². The van der Waals surface area contributed by atoms with Crippen LogP contribution in [0.25, 0.3) is 10.8 Å². The highest BCUT2D eigenvalue weighted by atomic mass is 79.9. The number of nitrogens with two attached hydrogens (primary N) is 1. The first kappa shape index (κ1) is 11.4. The van der Waals surface area contributed by atoms with Gasteiger partial charge in [0.15, 0.2) is 5.82 Å². The van der Waals surface area contributed by atoms with Gasteiger partial charge in [0.05, 0.1) is 14.2 Å². The molecule has 3 rings (SSSR count). The second-order valence-electron chi connectivity index (χ2n) is 4.39. The number of hydrogen-bond donors (Lipinski definition) is 1. The molecule has 2 aromatic heterocycles. The highest BCUT2D eigenvalue weighted by Crippen LogP contribution is 2.36. The third kappa shape index (κ3) is 2.05. The summed E-state index contributed by atoms with van der Waals surface area (Å²) < 4.78 is 6.34. The Hall–Kier alpha value is -0.720. The summed E-state index contributed by atoms with van der Waals surface area (Å²) in [6, 6.07) is 3.93. The van der Waals surface area contributed by atoms with Crippen LogP contribution in [0.2, 0.25) is 0 Å². The Morgan fingerprint density at radius 3 is 2.76 bits per heavy atom. The normalized spacial score (nSPS) is 18.7. The van der Waals surface area contributed by atoms with Gasteiger partial charge in [-0.15, -0.1) is 11.3 Å². The van der Waals surface area contributed by atoms with E-state index >= 15 is 0 Å². The lowest BCUT2D eigenvalue weighted by Crippen LogP contribution is -2.34. The van der Waals surface area contributed by atoms with Gasteiger partial charge in [-0.3, -0.25) is 0 Å². The Bertz CT molecular complexity index is 530. The van der Waals surface area contributed by atoms with E-state index in [0.29, 0.717) is 11.7 Å². The van der Waals surface area contributed by atoms with E-state index in [1.807, 2.05) is 12.1 Å². The molecule has 17 heavy (non-hydrogen) atoms. The summed E-state index contributed by atoms with van der Waals surface area (Å²) in [5.41, 5.74) is 5.91. The molecule has 0 unspecified atom stereocenters. The average Bonchev–Trinajstić information content (AvgIpc) is 2.96. The first-order chi connectivity index (χ1) is 8.17. The summed E-state index contributed by atoms with van der Waals surface area (Å²) in [4.78, 5) is 5.40. The van der Waals surface area contributed by atoms with Crippen molar-refractivity contribution in [1.82, 2.24) is 10.1 Å². The Morgan fingerprint density at radius 2 is 2.12 bits per heavy atom. The van der Waals surface area contributed by atoms with E-state index in [0.717, 1.165) is 34.3 Å². The minimum Gasteiger partial charge on any atom is -0.333 e. The van der Waals surface area contributed by atoms with Gasteiger partial charge in [-0.2, -0.15) is 4.98 Å². The molecule has 1 fully saturated rings. The fraction of sp³-hybridized carbons (Fsp3) is 0.455. The van der Waals surface area contributed by atoms with E-state index in [1.165, 1.54) is 0 Å². The molecule has 2 heterocycles. The molecule has 0 radical (unpaired) electrons. The highest BCUT2D eigenvalue weighted by Gasteiger charge is 2.36. The van der Waals surface area contributed by atoms with Crippen LogP contribution < -0.4 is 5.73 Å². The molecule has 2 aromatic rings. The topological polar surface area (TPSA) is 64.9 Å². The molecule has 1 aliphatic rings. The molecule has 0 bridgehead atoms. The van der Waals surface area contributed by atoms with Gasteiger partial charge in [0.25, 0.3) is 5.89 Å². The molecule has 0 atom stereocenters. The van der Waals surface area contributed by atoms with Crippen molar-refractivity contribution in [1.29, 1.82) is 0 Å². The zero-order chi connectivity index (χ0) is 11.9. The standard InChI is InChI=1S/C11H12BrN3OS/c12-8-4-3-7(17-8)9-14-10(15-16-9)11(13)5-1-2-6-11/h3-4H,1-2,5-6,13H2. The van der Waals surface area contributed by atoms with Crippen molar-refractivity contribution in [2.24, 2.45) is 5.73 Å². The molecule has 0 saturated heterocycles. The molecule has 90 valence electrons. The van der Waals surface area contributed by atoms with Crippen LogP contribution in [0.5, 0.6) is 0 Å². The summed E-state index contributed by atoms with van der Waals surface area (Å²) >= 11 is 4.99. The van der Waals surface area contributed by atoms with E-state index in [2.05, 4.69) is 26.1 Å². The number of halogens is 1. The Kier molecular flexibility index (Phi) is 2.80. The van der Waals surface area contributed by atoms with Crippen molar-refractivity contribution >= 4 is 27.3 Å². The molecule has 6 heteroatoms. The number of nitrogens with zero attached hydrogens (tertiary/aromatic N) is 2. The van der Waals surface area contributed by atoms with Gasteiger partial charge in [-0.1, -0.05) is 18.0 Å². The summed E-state index contributed by atoms with van der Waals surface area (Å²) in [6.07, 6.45) is 4.18. The van der Waals surface area contributed by atoms with E-state index in [4.69, 9.17) is 10.3 Å². The maximum atomic E-state index is 6.29. The second-order valence-corrected chi connectivity index (χ2v) is 6.85. The maximum absolute atomic E-state index is 6.29. The maximum Gasteiger partial charge on any atom is 0.268 e. The zero-order valence-electron chi connectivity index (χ0n) is 9.15. The van der Waals surface area contributed by atoms with Gasteiger partial charge in [0, 0.05) is 0 Å². The van der Waals surface area contributed by atoms with Crippen molar-refractivity contribution in [3.05, 3.63) is 21.7 Å². The summed E-state index contributed by atoms with van der Waals surface area (Å²) in [6.45, 7) is 0. The molecule has 2 N–H and O–H groups in total. The lowest BCUT2D eigenvalue weighted by atomic mass is 9.99. The fourth-order valence-corrected chi connectivity index (χ4v) is 3.49. The third-order valence-electron chi connectivity index (χ3n) is 3.15. The first-order valence-electron chi connectivity index (χ1n) is 5.56. The second kappa shape index (κ2) is 4.19. The van der Waals surface area contributed by atoms with Crippen LogP contribution >= 0.6 is 27.3 Å². The van der Waals surface area contributed by atoms with Crippen LogP contribution in [-0.2, 0) is 5.54 Å². The largest absolute Gasteiger partial charge is 0.333 e. The van der Waals surface area contributed by atoms with Crippen molar-refractivity contribution in [3.8, 4) is 10.8 Å². The summed E-state index contributed by atoms with van der Waals surface area (Å²) in [5.74, 6) is 1.21. The minimum atomic E-state index is -0.379. The number of aromatic nitrogens is 2. The molecule has 0 spiro atoms. The van der Waals surface area contributed by atoms with Crippen LogP contribution in [0.1, 0.15) is 31.5 Å². The van der Waals surface area contributed by atoms with Crippen molar-refractivity contribution in [2.45, 2.75) is 31.2 Å². The van der Waals surface area contributed by atoms with E-state index in [-0.39, 0.29) is 5.54 Å². The smallest absolute Gasteiger partial charge is 0.268 e. The lowest BCUT2D eigenvalue weighted by molar-refractivity contribution is 0.373. The molecule has 0 aliphatic heterocycles.